The van der Waals surface area contributed by atoms with Crippen LogP contribution in [-0.4, -0.2) is 12.1 Å². The van der Waals surface area contributed by atoms with Crippen molar-refractivity contribution in [1.82, 2.24) is 4.98 Å². The lowest BCUT2D eigenvalue weighted by Crippen LogP contribution is -2.15. The van der Waals surface area contributed by atoms with Gasteiger partial charge < -0.3 is 16.2 Å². The Balaban J connectivity index is 2.40. The monoisotopic (exact) mass is 247 g/mol. The highest BCUT2D eigenvalue weighted by molar-refractivity contribution is 5.50. The summed E-state index contributed by atoms with van der Waals surface area (Å²) < 4.78 is 18.8. The quantitative estimate of drug-likeness (QED) is 0.868. The van der Waals surface area contributed by atoms with E-state index in [9.17, 15) is 4.39 Å². The van der Waals surface area contributed by atoms with E-state index in [0.717, 1.165) is 0 Å². The number of nitrogens with zero attached hydrogens (tertiary/aromatic N) is 1. The molecule has 0 aliphatic rings. The number of ether oxygens (including phenoxy) is 1. The zero-order valence-corrected chi connectivity index (χ0v) is 9.93. The van der Waals surface area contributed by atoms with Crippen LogP contribution < -0.4 is 16.2 Å². The third-order valence-corrected chi connectivity index (χ3v) is 2.76. The van der Waals surface area contributed by atoms with Gasteiger partial charge in [-0.25, -0.2) is 4.39 Å². The number of methoxy groups -OCH3 is 1. The fraction of sp³-hybridized carbons (Fsp3) is 0.154. The molecule has 1 aromatic heterocycles. The number of pyridine rings is 1. The van der Waals surface area contributed by atoms with Gasteiger partial charge >= 0.3 is 0 Å². The summed E-state index contributed by atoms with van der Waals surface area (Å²) in [7, 11) is 1.48. The average Bonchev–Trinajstić information content (AvgIpc) is 2.38. The molecule has 0 spiro atoms. The maximum atomic E-state index is 13.9. The second-order valence-electron chi connectivity index (χ2n) is 3.87. The van der Waals surface area contributed by atoms with Gasteiger partial charge in [-0.3, -0.25) is 4.98 Å². The number of hydrogen-bond acceptors (Lipinski definition) is 4. The molecule has 1 heterocycles. The zero-order chi connectivity index (χ0) is 13.1. The molecule has 18 heavy (non-hydrogen) atoms. The summed E-state index contributed by atoms with van der Waals surface area (Å²) >= 11 is 0. The van der Waals surface area contributed by atoms with Crippen molar-refractivity contribution in [2.24, 2.45) is 5.73 Å². The van der Waals surface area contributed by atoms with E-state index in [1.807, 2.05) is 0 Å². The van der Waals surface area contributed by atoms with Crippen molar-refractivity contribution >= 4 is 5.69 Å². The van der Waals surface area contributed by atoms with Crippen molar-refractivity contribution in [3.05, 3.63) is 53.6 Å². The number of benzene rings is 1. The summed E-state index contributed by atoms with van der Waals surface area (Å²) in [6.45, 7) is 0. The van der Waals surface area contributed by atoms with Crippen LogP contribution in [0.5, 0.6) is 5.75 Å². The SMILES string of the molecule is COc1ccc(C(N)c2cnccc2N)c(F)c1. The lowest BCUT2D eigenvalue weighted by atomic mass is 9.99. The van der Waals surface area contributed by atoms with E-state index in [4.69, 9.17) is 16.2 Å². The van der Waals surface area contributed by atoms with E-state index < -0.39 is 11.9 Å². The standard InChI is InChI=1S/C13H14FN3O/c1-18-8-2-3-9(11(14)6-8)13(16)10-7-17-5-4-12(10)15/h2-7,13H,16H2,1H3,(H2,15,17). The van der Waals surface area contributed by atoms with Gasteiger partial charge in [-0.15, -0.1) is 0 Å². The molecule has 0 fully saturated rings. The second kappa shape index (κ2) is 5.01. The summed E-state index contributed by atoms with van der Waals surface area (Å²) in [5, 5.41) is 0. The Morgan fingerprint density at radius 2 is 2.06 bits per heavy atom. The molecule has 0 radical (unpaired) electrons. The lowest BCUT2D eigenvalue weighted by molar-refractivity contribution is 0.410. The number of halogens is 1. The average molecular weight is 247 g/mol. The molecule has 0 aliphatic carbocycles. The molecule has 1 atom stereocenters. The first-order chi connectivity index (χ1) is 8.63. The van der Waals surface area contributed by atoms with Gasteiger partial charge in [-0.1, -0.05) is 6.07 Å². The molecule has 0 bridgehead atoms. The molecule has 1 unspecified atom stereocenters. The normalized spacial score (nSPS) is 12.2. The van der Waals surface area contributed by atoms with E-state index in [1.54, 1.807) is 30.6 Å². The van der Waals surface area contributed by atoms with Crippen LogP contribution in [0.25, 0.3) is 0 Å². The number of anilines is 1. The molecule has 0 saturated carbocycles. The number of aromatic nitrogens is 1. The van der Waals surface area contributed by atoms with Crippen LogP contribution in [0.1, 0.15) is 17.2 Å². The van der Waals surface area contributed by atoms with Crippen LogP contribution in [0.15, 0.2) is 36.7 Å². The van der Waals surface area contributed by atoms with Gasteiger partial charge in [0.15, 0.2) is 0 Å². The summed E-state index contributed by atoms with van der Waals surface area (Å²) in [4.78, 5) is 3.95. The van der Waals surface area contributed by atoms with Crippen molar-refractivity contribution in [3.8, 4) is 5.75 Å². The molecular weight excluding hydrogens is 233 g/mol. The first-order valence-electron chi connectivity index (χ1n) is 5.42. The Morgan fingerprint density at radius 3 is 2.67 bits per heavy atom. The van der Waals surface area contributed by atoms with Crippen molar-refractivity contribution in [2.45, 2.75) is 6.04 Å². The van der Waals surface area contributed by atoms with Gasteiger partial charge in [0.25, 0.3) is 0 Å². The molecular formula is C13H14FN3O. The van der Waals surface area contributed by atoms with Crippen LogP contribution in [0.4, 0.5) is 10.1 Å². The molecule has 0 aliphatic heterocycles. The minimum atomic E-state index is -0.649. The molecule has 94 valence electrons. The van der Waals surface area contributed by atoms with Crippen molar-refractivity contribution < 1.29 is 9.13 Å². The van der Waals surface area contributed by atoms with Gasteiger partial charge in [-0.2, -0.15) is 0 Å². The molecule has 2 rings (SSSR count). The minimum Gasteiger partial charge on any atom is -0.497 e. The second-order valence-corrected chi connectivity index (χ2v) is 3.87. The predicted molar refractivity (Wildman–Crippen MR) is 67.6 cm³/mol. The molecule has 4 N–H and O–H groups in total. The number of hydrogen-bond donors (Lipinski definition) is 2. The van der Waals surface area contributed by atoms with Crippen molar-refractivity contribution in [1.29, 1.82) is 0 Å². The van der Waals surface area contributed by atoms with Gasteiger partial charge in [0.1, 0.15) is 11.6 Å². The van der Waals surface area contributed by atoms with E-state index in [1.165, 1.54) is 13.2 Å². The minimum absolute atomic E-state index is 0.357. The third-order valence-electron chi connectivity index (χ3n) is 2.76. The maximum Gasteiger partial charge on any atom is 0.132 e. The maximum absolute atomic E-state index is 13.9. The van der Waals surface area contributed by atoms with Crippen LogP contribution >= 0.6 is 0 Å². The zero-order valence-electron chi connectivity index (χ0n) is 9.93. The first-order valence-corrected chi connectivity index (χ1v) is 5.42. The highest BCUT2D eigenvalue weighted by Gasteiger charge is 2.16. The molecule has 0 saturated heterocycles. The number of nitrogens with two attached hydrogens (primary N) is 2. The molecule has 4 nitrogen and oxygen atoms in total. The van der Waals surface area contributed by atoms with Crippen LogP contribution in [0.2, 0.25) is 0 Å². The van der Waals surface area contributed by atoms with E-state index in [-0.39, 0.29) is 0 Å². The molecule has 2 aromatic rings. The summed E-state index contributed by atoms with van der Waals surface area (Å²) in [6, 6.07) is 5.53. The van der Waals surface area contributed by atoms with Crippen LogP contribution in [-0.2, 0) is 0 Å². The van der Waals surface area contributed by atoms with Gasteiger partial charge in [0, 0.05) is 35.3 Å². The number of nitrogen functional groups attached to an aromatic ring is 1. The van der Waals surface area contributed by atoms with Gasteiger partial charge in [-0.05, 0) is 12.1 Å². The highest BCUT2D eigenvalue weighted by Crippen LogP contribution is 2.27. The van der Waals surface area contributed by atoms with E-state index in [0.29, 0.717) is 22.6 Å². The Labute approximate surface area is 104 Å². The number of rotatable bonds is 3. The lowest BCUT2D eigenvalue weighted by Gasteiger charge is -2.15. The van der Waals surface area contributed by atoms with E-state index in [2.05, 4.69) is 4.98 Å². The molecule has 0 amide bonds. The Hall–Kier alpha value is -2.14. The first kappa shape index (κ1) is 12.3. The topological polar surface area (TPSA) is 74.2 Å². The van der Waals surface area contributed by atoms with Crippen molar-refractivity contribution in [2.75, 3.05) is 12.8 Å². The smallest absolute Gasteiger partial charge is 0.132 e. The van der Waals surface area contributed by atoms with Crippen LogP contribution in [0.3, 0.4) is 0 Å². The van der Waals surface area contributed by atoms with Crippen molar-refractivity contribution in [3.63, 3.8) is 0 Å². The molecule has 5 heteroatoms. The van der Waals surface area contributed by atoms with Gasteiger partial charge in [0.2, 0.25) is 0 Å². The van der Waals surface area contributed by atoms with Crippen LogP contribution in [0, 0.1) is 5.82 Å². The fourth-order valence-electron chi connectivity index (χ4n) is 1.73. The summed E-state index contributed by atoms with van der Waals surface area (Å²) in [5.74, 6) is 0.0210. The Bertz CT molecular complexity index is 560. The fourth-order valence-corrected chi connectivity index (χ4v) is 1.73. The largest absolute Gasteiger partial charge is 0.497 e. The Kier molecular flexibility index (Phi) is 3.43. The summed E-state index contributed by atoms with van der Waals surface area (Å²) in [5.41, 5.74) is 13.3. The predicted octanol–water partition coefficient (Wildman–Crippen LogP) is 1.86. The highest BCUT2D eigenvalue weighted by atomic mass is 19.1. The summed E-state index contributed by atoms with van der Waals surface area (Å²) in [6.07, 6.45) is 3.11. The third kappa shape index (κ3) is 2.26. The van der Waals surface area contributed by atoms with Gasteiger partial charge in [0.05, 0.1) is 13.2 Å². The van der Waals surface area contributed by atoms with E-state index >= 15 is 0 Å². The molecule has 1 aromatic carbocycles. The Morgan fingerprint density at radius 1 is 1.28 bits per heavy atom.